The monoisotopic (exact) mass is 277 g/mol. The van der Waals surface area contributed by atoms with Crippen molar-refractivity contribution in [3.63, 3.8) is 0 Å². The Hall–Kier alpha value is -2.24. The summed E-state index contributed by atoms with van der Waals surface area (Å²) in [6, 6.07) is 4.08. The Labute approximate surface area is 116 Å². The topological polar surface area (TPSA) is 57.0 Å². The third kappa shape index (κ3) is 3.40. The van der Waals surface area contributed by atoms with Gasteiger partial charge in [-0.1, -0.05) is 13.8 Å². The van der Waals surface area contributed by atoms with Crippen molar-refractivity contribution in [2.24, 2.45) is 5.92 Å². The Bertz CT molecular complexity index is 596. The van der Waals surface area contributed by atoms with Crippen molar-refractivity contribution in [3.8, 4) is 5.75 Å². The van der Waals surface area contributed by atoms with Crippen LogP contribution < -0.4 is 4.74 Å². The van der Waals surface area contributed by atoms with Crippen molar-refractivity contribution in [3.05, 3.63) is 41.7 Å². The minimum absolute atomic E-state index is 0.0923. The van der Waals surface area contributed by atoms with Gasteiger partial charge in [0.05, 0.1) is 0 Å². The van der Waals surface area contributed by atoms with E-state index in [1.165, 1.54) is 18.5 Å². The summed E-state index contributed by atoms with van der Waals surface area (Å²) >= 11 is 0. The van der Waals surface area contributed by atoms with Crippen molar-refractivity contribution >= 4 is 6.29 Å². The lowest BCUT2D eigenvalue weighted by Crippen LogP contribution is -2.12. The van der Waals surface area contributed by atoms with Crippen LogP contribution in [-0.2, 0) is 13.2 Å². The highest BCUT2D eigenvalue weighted by molar-refractivity contribution is 5.74. The zero-order valence-corrected chi connectivity index (χ0v) is 11.4. The number of carbonyl (C=O) groups excluding carboxylic acids is 1. The maximum absolute atomic E-state index is 13.6. The fraction of sp³-hybridized carbons (Fsp3) is 0.357. The number of carbonyl (C=O) groups is 1. The van der Waals surface area contributed by atoms with Gasteiger partial charge in [-0.25, -0.2) is 14.1 Å². The molecule has 0 bridgehead atoms. The maximum Gasteiger partial charge on any atom is 0.165 e. The zero-order chi connectivity index (χ0) is 14.5. The van der Waals surface area contributed by atoms with Crippen LogP contribution in [0.5, 0.6) is 5.75 Å². The molecule has 1 aromatic heterocycles. The summed E-state index contributed by atoms with van der Waals surface area (Å²) in [5, 5.41) is 4.10. The van der Waals surface area contributed by atoms with E-state index in [0.29, 0.717) is 18.0 Å². The van der Waals surface area contributed by atoms with E-state index in [9.17, 15) is 9.18 Å². The Morgan fingerprint density at radius 2 is 2.25 bits per heavy atom. The molecule has 0 N–H and O–H groups in total. The quantitative estimate of drug-likeness (QED) is 0.761. The predicted octanol–water partition coefficient (Wildman–Crippen LogP) is 2.46. The molecule has 0 aliphatic rings. The van der Waals surface area contributed by atoms with Gasteiger partial charge in [-0.2, -0.15) is 5.10 Å². The minimum atomic E-state index is -0.565. The van der Waals surface area contributed by atoms with Gasteiger partial charge in [0.25, 0.3) is 0 Å². The molecule has 0 saturated carbocycles. The highest BCUT2D eigenvalue weighted by Crippen LogP contribution is 2.18. The molecule has 2 aromatic rings. The second kappa shape index (κ2) is 6.27. The molecule has 0 fully saturated rings. The van der Waals surface area contributed by atoms with Crippen LogP contribution in [0.3, 0.4) is 0 Å². The predicted molar refractivity (Wildman–Crippen MR) is 71.0 cm³/mol. The number of benzene rings is 1. The van der Waals surface area contributed by atoms with Crippen LogP contribution in [-0.4, -0.2) is 21.1 Å². The van der Waals surface area contributed by atoms with Crippen LogP contribution in [0.25, 0.3) is 0 Å². The number of aldehydes is 1. The van der Waals surface area contributed by atoms with Crippen molar-refractivity contribution in [1.82, 2.24) is 14.8 Å². The van der Waals surface area contributed by atoms with Gasteiger partial charge in [0.2, 0.25) is 0 Å². The number of nitrogens with zero attached hydrogens (tertiary/aromatic N) is 3. The fourth-order valence-electron chi connectivity index (χ4n) is 1.75. The highest BCUT2D eigenvalue weighted by Gasteiger charge is 2.09. The van der Waals surface area contributed by atoms with E-state index in [-0.39, 0.29) is 17.9 Å². The van der Waals surface area contributed by atoms with Gasteiger partial charge in [-0.3, -0.25) is 4.79 Å². The molecule has 106 valence electrons. The molecule has 0 saturated heterocycles. The summed E-state index contributed by atoms with van der Waals surface area (Å²) in [5.41, 5.74) is 0.276. The van der Waals surface area contributed by atoms with Gasteiger partial charge >= 0.3 is 0 Å². The molecule has 1 heterocycles. The molecule has 0 aliphatic heterocycles. The Morgan fingerprint density at radius 3 is 2.90 bits per heavy atom. The smallest absolute Gasteiger partial charge is 0.165 e. The SMILES string of the molecule is CC(C)Cn1ncnc1COc1ccc(C=O)cc1F. The summed E-state index contributed by atoms with van der Waals surface area (Å²) < 4.78 is 20.8. The fourth-order valence-corrected chi connectivity index (χ4v) is 1.75. The van der Waals surface area contributed by atoms with E-state index < -0.39 is 5.82 Å². The zero-order valence-electron chi connectivity index (χ0n) is 11.4. The third-order valence-corrected chi connectivity index (χ3v) is 2.68. The Kier molecular flexibility index (Phi) is 4.45. The lowest BCUT2D eigenvalue weighted by molar-refractivity contribution is 0.112. The molecule has 0 unspecified atom stereocenters. The molecular formula is C14H16FN3O2. The van der Waals surface area contributed by atoms with Crippen molar-refractivity contribution in [2.45, 2.75) is 27.0 Å². The van der Waals surface area contributed by atoms with Crippen molar-refractivity contribution < 1.29 is 13.9 Å². The molecule has 0 atom stereocenters. The van der Waals surface area contributed by atoms with Gasteiger partial charge in [0.1, 0.15) is 19.2 Å². The normalized spacial score (nSPS) is 10.8. The molecular weight excluding hydrogens is 261 g/mol. The lowest BCUT2D eigenvalue weighted by Gasteiger charge is -2.10. The van der Waals surface area contributed by atoms with Crippen molar-refractivity contribution in [1.29, 1.82) is 0 Å². The second-order valence-corrected chi connectivity index (χ2v) is 4.85. The van der Waals surface area contributed by atoms with E-state index in [0.717, 1.165) is 12.6 Å². The average Bonchev–Trinajstić information content (AvgIpc) is 2.83. The number of aromatic nitrogens is 3. The third-order valence-electron chi connectivity index (χ3n) is 2.68. The summed E-state index contributed by atoms with van der Waals surface area (Å²) in [7, 11) is 0. The summed E-state index contributed by atoms with van der Waals surface area (Å²) in [4.78, 5) is 14.6. The lowest BCUT2D eigenvalue weighted by atomic mass is 10.2. The molecule has 0 spiro atoms. The molecule has 5 nitrogen and oxygen atoms in total. The van der Waals surface area contributed by atoms with Gasteiger partial charge in [0.15, 0.2) is 17.4 Å². The number of rotatable bonds is 6. The molecule has 0 aliphatic carbocycles. The van der Waals surface area contributed by atoms with Crippen LogP contribution in [0, 0.1) is 11.7 Å². The number of ether oxygens (including phenoxy) is 1. The van der Waals surface area contributed by atoms with Crippen LogP contribution in [0.4, 0.5) is 4.39 Å². The standard InChI is InChI=1S/C14H16FN3O2/c1-10(2)6-18-14(16-9-17-18)8-20-13-4-3-11(7-19)5-12(13)15/h3-5,7,9-10H,6,8H2,1-2H3. The largest absolute Gasteiger partial charge is 0.483 e. The molecule has 6 heteroatoms. The maximum atomic E-state index is 13.6. The van der Waals surface area contributed by atoms with E-state index >= 15 is 0 Å². The highest BCUT2D eigenvalue weighted by atomic mass is 19.1. The van der Waals surface area contributed by atoms with Gasteiger partial charge in [0, 0.05) is 12.1 Å². The van der Waals surface area contributed by atoms with E-state index in [2.05, 4.69) is 23.9 Å². The summed E-state index contributed by atoms with van der Waals surface area (Å²) in [6.45, 7) is 5.00. The molecule has 2 rings (SSSR count). The van der Waals surface area contributed by atoms with Crippen LogP contribution in [0.1, 0.15) is 30.0 Å². The van der Waals surface area contributed by atoms with E-state index in [1.807, 2.05) is 0 Å². The van der Waals surface area contributed by atoms with Crippen molar-refractivity contribution in [2.75, 3.05) is 0 Å². The number of hydrogen-bond donors (Lipinski definition) is 0. The molecule has 1 aromatic carbocycles. The number of halogens is 1. The van der Waals surface area contributed by atoms with Gasteiger partial charge in [-0.15, -0.1) is 0 Å². The summed E-state index contributed by atoms with van der Waals surface area (Å²) in [5.74, 6) is 0.593. The number of hydrogen-bond acceptors (Lipinski definition) is 4. The van der Waals surface area contributed by atoms with E-state index in [4.69, 9.17) is 4.74 Å². The Morgan fingerprint density at radius 1 is 1.45 bits per heavy atom. The van der Waals surface area contributed by atoms with Gasteiger partial charge < -0.3 is 4.74 Å². The molecule has 20 heavy (non-hydrogen) atoms. The first-order chi connectivity index (χ1) is 9.60. The minimum Gasteiger partial charge on any atom is -0.483 e. The van der Waals surface area contributed by atoms with Crippen LogP contribution in [0.2, 0.25) is 0 Å². The summed E-state index contributed by atoms with van der Waals surface area (Å²) in [6.07, 6.45) is 2.04. The first kappa shape index (κ1) is 14.2. The first-order valence-electron chi connectivity index (χ1n) is 6.34. The van der Waals surface area contributed by atoms with Gasteiger partial charge in [-0.05, 0) is 24.1 Å². The second-order valence-electron chi connectivity index (χ2n) is 4.85. The molecule has 0 radical (unpaired) electrons. The first-order valence-corrected chi connectivity index (χ1v) is 6.34. The van der Waals surface area contributed by atoms with Crippen LogP contribution in [0.15, 0.2) is 24.5 Å². The van der Waals surface area contributed by atoms with E-state index in [1.54, 1.807) is 4.68 Å². The average molecular weight is 277 g/mol. The molecule has 0 amide bonds. The van der Waals surface area contributed by atoms with Crippen LogP contribution >= 0.6 is 0 Å². The Balaban J connectivity index is 2.05.